The molecule has 0 unspecified atom stereocenters. The molecule has 1 N–H and O–H groups in total. The van der Waals surface area contributed by atoms with Crippen LogP contribution in [0, 0.1) is 0 Å². The van der Waals surface area contributed by atoms with Crippen molar-refractivity contribution in [3.05, 3.63) is 0 Å². The molecule has 0 spiro atoms. The van der Waals surface area contributed by atoms with Gasteiger partial charge in [-0.05, 0) is 23.4 Å². The van der Waals surface area contributed by atoms with E-state index in [0.717, 1.165) is 59.2 Å². The maximum Gasteiger partial charge on any atom is 0.0603 e. The summed E-state index contributed by atoms with van der Waals surface area (Å²) in [7, 11) is 0. The van der Waals surface area contributed by atoms with Gasteiger partial charge in [0.2, 0.25) is 0 Å². The van der Waals surface area contributed by atoms with Crippen LogP contribution < -0.4 is 5.32 Å². The molecular formula is C8H17N2O2PS2. The lowest BCUT2D eigenvalue weighted by atomic mass is 10.5. The lowest BCUT2D eigenvalue weighted by Crippen LogP contribution is -2.30. The number of hydrogen-bond acceptors (Lipinski definition) is 6. The van der Waals surface area contributed by atoms with E-state index in [4.69, 9.17) is 21.3 Å². The summed E-state index contributed by atoms with van der Waals surface area (Å²) >= 11 is 6.48. The van der Waals surface area contributed by atoms with Crippen LogP contribution in [0.5, 0.6) is 0 Å². The summed E-state index contributed by atoms with van der Waals surface area (Å²) in [5, 5.41) is 3.16. The first-order chi connectivity index (χ1) is 7.43. The van der Waals surface area contributed by atoms with Crippen LogP contribution in [-0.4, -0.2) is 56.9 Å². The first kappa shape index (κ1) is 13.8. The highest BCUT2D eigenvalue weighted by Crippen LogP contribution is 2.23. The Morgan fingerprint density at radius 1 is 1.07 bits per heavy atom. The Hall–Kier alpha value is 0.710. The van der Waals surface area contributed by atoms with Gasteiger partial charge in [-0.1, -0.05) is 0 Å². The minimum atomic E-state index is 0.859. The molecule has 2 rings (SSSR count). The second-order valence-corrected chi connectivity index (χ2v) is 6.17. The molecule has 0 aromatic carbocycles. The van der Waals surface area contributed by atoms with Crippen molar-refractivity contribution >= 4 is 29.9 Å². The van der Waals surface area contributed by atoms with Gasteiger partial charge < -0.3 is 14.8 Å². The molecule has 2 aliphatic rings. The van der Waals surface area contributed by atoms with E-state index in [2.05, 4.69) is 9.62 Å². The van der Waals surface area contributed by atoms with E-state index >= 15 is 0 Å². The van der Waals surface area contributed by atoms with Gasteiger partial charge in [0.25, 0.3) is 0 Å². The largest absolute Gasteiger partial charge is 0.379 e. The molecule has 4 nitrogen and oxygen atoms in total. The molecule has 0 amide bonds. The van der Waals surface area contributed by atoms with Crippen molar-refractivity contribution < 1.29 is 9.47 Å². The van der Waals surface area contributed by atoms with Crippen LogP contribution in [0.3, 0.4) is 0 Å². The Bertz CT molecular complexity index is 155. The minimum absolute atomic E-state index is 0.859. The van der Waals surface area contributed by atoms with E-state index < -0.39 is 0 Å². The molecule has 2 fully saturated rings. The zero-order chi connectivity index (χ0) is 10.8. The van der Waals surface area contributed by atoms with Crippen molar-refractivity contribution in [2.75, 3.05) is 52.6 Å². The second-order valence-electron chi connectivity index (χ2n) is 3.06. The number of nitrogens with zero attached hydrogens (tertiary/aromatic N) is 1. The third kappa shape index (κ3) is 7.58. The molecular weight excluding hydrogens is 251 g/mol. The quantitative estimate of drug-likeness (QED) is 0.592. The molecule has 15 heavy (non-hydrogen) atoms. The van der Waals surface area contributed by atoms with Gasteiger partial charge in [0.05, 0.1) is 33.0 Å². The predicted molar refractivity (Wildman–Crippen MR) is 68.0 cm³/mol. The average Bonchev–Trinajstić information content (AvgIpc) is 2.34. The van der Waals surface area contributed by atoms with Crippen LogP contribution in [0.15, 0.2) is 0 Å². The van der Waals surface area contributed by atoms with Gasteiger partial charge in [-0.15, -0.1) is 0 Å². The standard InChI is InChI=1S/C4H8NOPS2.C4H9NO/c8-7-9-5-1-3-6-4-2-5;1-3-6-4-2-5-1/h1-4H2;5H,1-4H2. The van der Waals surface area contributed by atoms with Gasteiger partial charge in [0.1, 0.15) is 0 Å². The Morgan fingerprint density at radius 3 is 2.07 bits per heavy atom. The fourth-order valence-electron chi connectivity index (χ4n) is 1.19. The van der Waals surface area contributed by atoms with Crippen LogP contribution >= 0.6 is 18.1 Å². The molecule has 0 radical (unpaired) electrons. The third-order valence-corrected chi connectivity index (χ3v) is 4.12. The maximum absolute atomic E-state index is 5.15. The van der Waals surface area contributed by atoms with Crippen molar-refractivity contribution in [3.63, 3.8) is 0 Å². The summed E-state index contributed by atoms with van der Waals surface area (Å²) in [6, 6.07) is 0. The first-order valence-electron chi connectivity index (χ1n) is 5.04. The predicted octanol–water partition coefficient (Wildman–Crippen LogP) is 0.896. The molecule has 0 aromatic rings. The molecule has 0 saturated carbocycles. The third-order valence-electron chi connectivity index (χ3n) is 1.97. The summed E-state index contributed by atoms with van der Waals surface area (Å²) in [4.78, 5) is 0. The van der Waals surface area contributed by atoms with Crippen molar-refractivity contribution in [2.45, 2.75) is 0 Å². The monoisotopic (exact) mass is 268 g/mol. The summed E-state index contributed by atoms with van der Waals surface area (Å²) in [6.45, 7) is 8.56. The van der Waals surface area contributed by atoms with Crippen molar-refractivity contribution in [1.82, 2.24) is 9.62 Å². The number of hydrogen-bond donors (Lipinski definition) is 1. The van der Waals surface area contributed by atoms with Gasteiger partial charge in [0.15, 0.2) is 0 Å². The molecule has 2 heterocycles. The van der Waals surface area contributed by atoms with Crippen molar-refractivity contribution in [3.8, 4) is 0 Å². The number of nitrogens with one attached hydrogen (secondary N) is 1. The van der Waals surface area contributed by atoms with Gasteiger partial charge in [-0.3, -0.25) is 0 Å². The molecule has 0 aliphatic carbocycles. The smallest absolute Gasteiger partial charge is 0.0603 e. The highest BCUT2D eigenvalue weighted by Gasteiger charge is 2.08. The van der Waals surface area contributed by atoms with Gasteiger partial charge in [-0.2, -0.15) is 0 Å². The highest BCUT2D eigenvalue weighted by molar-refractivity contribution is 8.56. The Balaban J connectivity index is 0.000000162. The van der Waals surface area contributed by atoms with Crippen LogP contribution in [0.25, 0.3) is 0 Å². The van der Waals surface area contributed by atoms with E-state index in [-0.39, 0.29) is 0 Å². The van der Waals surface area contributed by atoms with E-state index in [0.29, 0.717) is 0 Å². The molecule has 0 atom stereocenters. The zero-order valence-corrected chi connectivity index (χ0v) is 11.2. The summed E-state index contributed by atoms with van der Waals surface area (Å²) in [5.74, 6) is 0. The topological polar surface area (TPSA) is 33.7 Å². The van der Waals surface area contributed by atoms with Gasteiger partial charge in [-0.25, -0.2) is 4.31 Å². The first-order valence-corrected chi connectivity index (χ1v) is 8.33. The van der Waals surface area contributed by atoms with Crippen LogP contribution in [0.4, 0.5) is 0 Å². The Labute approximate surface area is 102 Å². The molecule has 2 saturated heterocycles. The highest BCUT2D eigenvalue weighted by atomic mass is 32.9. The van der Waals surface area contributed by atoms with Crippen LogP contribution in [0.1, 0.15) is 0 Å². The van der Waals surface area contributed by atoms with Crippen LogP contribution in [0.2, 0.25) is 0 Å². The second kappa shape index (κ2) is 9.90. The number of morpholine rings is 2. The number of rotatable bonds is 2. The Morgan fingerprint density at radius 2 is 1.67 bits per heavy atom. The molecule has 0 bridgehead atoms. The summed E-state index contributed by atoms with van der Waals surface area (Å²) < 4.78 is 12.4. The summed E-state index contributed by atoms with van der Waals surface area (Å²) in [5.41, 5.74) is 0. The van der Waals surface area contributed by atoms with Gasteiger partial charge in [0, 0.05) is 26.2 Å². The molecule has 2 aliphatic heterocycles. The number of ether oxygens (including phenoxy) is 2. The van der Waals surface area contributed by atoms with E-state index in [1.54, 1.807) is 11.6 Å². The SMILES string of the molecule is C1COCCN1.S=PSN1CCOCC1. The summed E-state index contributed by atoms with van der Waals surface area (Å²) in [6.07, 6.45) is 0. The van der Waals surface area contributed by atoms with Crippen LogP contribution in [-0.2, 0) is 21.3 Å². The van der Waals surface area contributed by atoms with Crippen molar-refractivity contribution in [2.24, 2.45) is 0 Å². The molecule has 7 heteroatoms. The fourth-order valence-corrected chi connectivity index (χ4v) is 3.22. The van der Waals surface area contributed by atoms with E-state index in [1.807, 2.05) is 0 Å². The van der Waals surface area contributed by atoms with Crippen molar-refractivity contribution in [1.29, 1.82) is 0 Å². The fraction of sp³-hybridized carbons (Fsp3) is 1.00. The van der Waals surface area contributed by atoms with E-state index in [1.165, 1.54) is 0 Å². The molecule has 88 valence electrons. The zero-order valence-electron chi connectivity index (χ0n) is 8.68. The maximum atomic E-state index is 5.15. The Kier molecular flexibility index (Phi) is 9.09. The minimum Gasteiger partial charge on any atom is -0.379 e. The molecule has 0 aromatic heterocycles. The van der Waals surface area contributed by atoms with Gasteiger partial charge >= 0.3 is 0 Å². The lowest BCUT2D eigenvalue weighted by molar-refractivity contribution is 0.0779. The average molecular weight is 268 g/mol. The van der Waals surface area contributed by atoms with E-state index in [9.17, 15) is 0 Å². The normalized spacial score (nSPS) is 23.2. The lowest BCUT2D eigenvalue weighted by Gasteiger charge is -2.22.